The molecule has 1 saturated heterocycles. The summed E-state index contributed by atoms with van der Waals surface area (Å²) < 4.78 is 9.03. The summed E-state index contributed by atoms with van der Waals surface area (Å²) in [4.78, 5) is 12.0. The zero-order valence-corrected chi connectivity index (χ0v) is 30.9. The Morgan fingerprint density at radius 2 is 1.92 bits per heavy atom. The highest BCUT2D eigenvalue weighted by atomic mass is 32.1. The molecule has 0 radical (unpaired) electrons. The molecule has 0 spiro atoms. The van der Waals surface area contributed by atoms with Crippen molar-refractivity contribution in [2.75, 3.05) is 46.4 Å². The molecule has 1 aromatic carbocycles. The second kappa shape index (κ2) is 21.2. The summed E-state index contributed by atoms with van der Waals surface area (Å²) in [6, 6.07) is 10.4. The largest absolute Gasteiger partial charge is 0.379 e. The number of rotatable bonds is 10. The van der Waals surface area contributed by atoms with Crippen LogP contribution < -0.4 is 5.32 Å². The van der Waals surface area contributed by atoms with Gasteiger partial charge in [0.15, 0.2) is 5.82 Å². The molecule has 0 bridgehead atoms. The van der Waals surface area contributed by atoms with E-state index in [9.17, 15) is 0 Å². The van der Waals surface area contributed by atoms with Gasteiger partial charge in [-0.25, -0.2) is 0 Å². The standard InChI is InChI=1S/C25H30N8OS.C5H12.C4H6N2.C2H6/c1-3-19(15-26-2)21-14-20-12-18(4-5-22(20)28-16-21)13-23-29-30-25-33(23)31-24(35-25)17-27-6-7-32-8-10-34-11-9-32;1-4-5(2)3;1-6-4-2-3-5-6;1-2/h3-5,12,14-16,27H,6-11,13,17H2,1-2H3;5H,4H2,1-3H3;2-4H,1H3;1-2H3/b19-3+,26-15?;;;. The molecule has 12 heteroatoms. The number of fused-ring (bicyclic) bond motifs is 2. The zero-order valence-electron chi connectivity index (χ0n) is 30.1. The van der Waals surface area contributed by atoms with E-state index in [0.717, 1.165) is 95.3 Å². The number of aliphatic imine (C=N–C) groups is 1. The van der Waals surface area contributed by atoms with Crippen molar-refractivity contribution in [3.63, 3.8) is 0 Å². The molecule has 1 aliphatic heterocycles. The Morgan fingerprint density at radius 3 is 2.54 bits per heavy atom. The Balaban J connectivity index is 0.000000407. The smallest absolute Gasteiger partial charge is 0.234 e. The molecule has 4 aromatic heterocycles. The van der Waals surface area contributed by atoms with E-state index in [-0.39, 0.29) is 0 Å². The Morgan fingerprint density at radius 1 is 1.15 bits per heavy atom. The van der Waals surface area contributed by atoms with Crippen molar-refractivity contribution >= 4 is 39.0 Å². The summed E-state index contributed by atoms with van der Waals surface area (Å²) in [5.74, 6) is 1.72. The van der Waals surface area contributed by atoms with E-state index in [2.05, 4.69) is 80.5 Å². The number of hydrogen-bond donors (Lipinski definition) is 1. The number of nitrogens with zero attached hydrogens (tertiary/aromatic N) is 9. The molecule has 48 heavy (non-hydrogen) atoms. The van der Waals surface area contributed by atoms with Crippen LogP contribution in [-0.2, 0) is 24.8 Å². The molecule has 1 fully saturated rings. The van der Waals surface area contributed by atoms with Crippen molar-refractivity contribution in [2.24, 2.45) is 18.0 Å². The van der Waals surface area contributed by atoms with Crippen molar-refractivity contribution in [1.82, 2.24) is 44.8 Å². The lowest BCUT2D eigenvalue weighted by Gasteiger charge is -2.26. The number of benzene rings is 1. The lowest BCUT2D eigenvalue weighted by Crippen LogP contribution is -2.40. The maximum absolute atomic E-state index is 5.41. The van der Waals surface area contributed by atoms with Crippen molar-refractivity contribution in [2.45, 2.75) is 60.9 Å². The van der Waals surface area contributed by atoms with Crippen molar-refractivity contribution < 1.29 is 4.74 Å². The number of morpholine rings is 1. The molecule has 5 aromatic rings. The van der Waals surface area contributed by atoms with Gasteiger partial charge in [-0.2, -0.15) is 14.7 Å². The molecule has 0 amide bonds. The molecule has 1 N–H and O–H groups in total. The van der Waals surface area contributed by atoms with Crippen LogP contribution in [0.1, 0.15) is 69.9 Å². The Hall–Kier alpha value is -3.84. The number of aromatic nitrogens is 7. The number of ether oxygens (including phenoxy) is 1. The third kappa shape index (κ3) is 12.3. The van der Waals surface area contributed by atoms with Crippen LogP contribution in [0, 0.1) is 5.92 Å². The van der Waals surface area contributed by atoms with Crippen LogP contribution in [0.15, 0.2) is 60.0 Å². The predicted octanol–water partition coefficient (Wildman–Crippen LogP) is 6.35. The van der Waals surface area contributed by atoms with Gasteiger partial charge >= 0.3 is 0 Å². The van der Waals surface area contributed by atoms with E-state index in [4.69, 9.17) is 9.84 Å². The van der Waals surface area contributed by atoms with Crippen molar-refractivity contribution in [3.05, 3.63) is 77.0 Å². The monoisotopic (exact) mass is 674 g/mol. The maximum Gasteiger partial charge on any atom is 0.234 e. The number of allylic oxidation sites excluding steroid dienone is 2. The summed E-state index contributed by atoms with van der Waals surface area (Å²) in [5, 5.41) is 22.9. The van der Waals surface area contributed by atoms with Crippen molar-refractivity contribution in [1.29, 1.82) is 0 Å². The Bertz CT molecular complexity index is 1670. The van der Waals surface area contributed by atoms with Gasteiger partial charge in [0.05, 0.1) is 18.7 Å². The molecule has 0 saturated carbocycles. The van der Waals surface area contributed by atoms with E-state index < -0.39 is 0 Å². The van der Waals surface area contributed by atoms with Crippen molar-refractivity contribution in [3.8, 4) is 0 Å². The van der Waals surface area contributed by atoms with Crippen LogP contribution in [0.25, 0.3) is 21.4 Å². The molecule has 260 valence electrons. The molecule has 6 rings (SSSR count). The first-order valence-electron chi connectivity index (χ1n) is 17.0. The number of hydrogen-bond acceptors (Lipinski definition) is 10. The van der Waals surface area contributed by atoms with Gasteiger partial charge in [0.1, 0.15) is 5.01 Å². The molecule has 0 atom stereocenters. The van der Waals surface area contributed by atoms with Gasteiger partial charge in [-0.15, -0.1) is 10.2 Å². The third-order valence-corrected chi connectivity index (χ3v) is 8.45. The van der Waals surface area contributed by atoms with Gasteiger partial charge in [-0.05, 0) is 48.2 Å². The summed E-state index contributed by atoms with van der Waals surface area (Å²) in [6.07, 6.45) is 11.4. The quantitative estimate of drug-likeness (QED) is 0.135. The molecular formula is C36H54N10OS. The minimum absolute atomic E-state index is 0.655. The predicted molar refractivity (Wildman–Crippen MR) is 200 cm³/mol. The highest BCUT2D eigenvalue weighted by Gasteiger charge is 2.14. The minimum atomic E-state index is 0.655. The summed E-state index contributed by atoms with van der Waals surface area (Å²) >= 11 is 1.58. The van der Waals surface area contributed by atoms with E-state index >= 15 is 0 Å². The molecular weight excluding hydrogens is 621 g/mol. The highest BCUT2D eigenvalue weighted by Crippen LogP contribution is 2.22. The highest BCUT2D eigenvalue weighted by molar-refractivity contribution is 7.16. The third-order valence-electron chi connectivity index (χ3n) is 7.56. The second-order valence-electron chi connectivity index (χ2n) is 11.5. The SMILES string of the molecule is C/C=C(\C=NC)c1cnc2ccc(Cc3nnc4sc(CNCCN5CCOCC5)nn34)cc2c1.CC.CCC(C)C.Cn1cccn1. The van der Waals surface area contributed by atoms with Crippen LogP contribution in [0.3, 0.4) is 0 Å². The molecule has 0 unspecified atom stereocenters. The molecule has 5 heterocycles. The van der Waals surface area contributed by atoms with Gasteiger partial charge < -0.3 is 10.1 Å². The van der Waals surface area contributed by atoms with Crippen LogP contribution >= 0.6 is 11.3 Å². The Labute approximate surface area is 290 Å². The van der Waals surface area contributed by atoms with Gasteiger partial charge in [0.2, 0.25) is 4.96 Å². The first kappa shape index (κ1) is 38.6. The topological polar surface area (TPSA) is 111 Å². The average molecular weight is 675 g/mol. The first-order chi connectivity index (χ1) is 23.4. The van der Waals surface area contributed by atoms with Crippen LogP contribution in [0.5, 0.6) is 0 Å². The van der Waals surface area contributed by atoms with Gasteiger partial charge in [-0.3, -0.25) is 19.6 Å². The average Bonchev–Trinajstić information content (AvgIpc) is 3.86. The van der Waals surface area contributed by atoms with Crippen LogP contribution in [-0.4, -0.2) is 92.1 Å². The van der Waals surface area contributed by atoms with E-state index in [1.807, 2.05) is 63.1 Å². The summed E-state index contributed by atoms with van der Waals surface area (Å²) in [6.45, 7) is 19.0. The minimum Gasteiger partial charge on any atom is -0.379 e. The second-order valence-corrected chi connectivity index (χ2v) is 12.5. The van der Waals surface area contributed by atoms with E-state index in [1.165, 1.54) is 6.42 Å². The first-order valence-corrected chi connectivity index (χ1v) is 17.8. The fourth-order valence-corrected chi connectivity index (χ4v) is 5.39. The maximum atomic E-state index is 5.41. The normalized spacial score (nSPS) is 13.6. The lowest BCUT2D eigenvalue weighted by atomic mass is 10.0. The fourth-order valence-electron chi connectivity index (χ4n) is 4.57. The summed E-state index contributed by atoms with van der Waals surface area (Å²) in [7, 11) is 3.67. The molecule has 11 nitrogen and oxygen atoms in total. The van der Waals surface area contributed by atoms with Crippen LogP contribution in [0.2, 0.25) is 0 Å². The molecule has 1 aliphatic rings. The molecule has 0 aliphatic carbocycles. The lowest BCUT2D eigenvalue weighted by molar-refractivity contribution is 0.0384. The number of aryl methyl sites for hydroxylation is 1. The fraction of sp³-hybridized carbons (Fsp3) is 0.500. The zero-order chi connectivity index (χ0) is 34.7. The number of pyridine rings is 1. The Kier molecular flexibility index (Phi) is 17.0. The van der Waals surface area contributed by atoms with Crippen LogP contribution in [0.4, 0.5) is 0 Å². The van der Waals surface area contributed by atoms with E-state index in [1.54, 1.807) is 29.3 Å². The summed E-state index contributed by atoms with van der Waals surface area (Å²) in [5.41, 5.74) is 4.22. The van der Waals surface area contributed by atoms with E-state index in [0.29, 0.717) is 6.42 Å². The van der Waals surface area contributed by atoms with Gasteiger partial charge in [0, 0.05) is 89.0 Å². The van der Waals surface area contributed by atoms with Gasteiger partial charge in [0.25, 0.3) is 0 Å². The van der Waals surface area contributed by atoms with Gasteiger partial charge in [-0.1, -0.05) is 64.5 Å². The number of nitrogens with one attached hydrogen (secondary N) is 1.